The van der Waals surface area contributed by atoms with Gasteiger partial charge in [0.05, 0.1) is 0 Å². The molecule has 0 aromatic rings. The van der Waals surface area contributed by atoms with Gasteiger partial charge in [-0.2, -0.15) is 0 Å². The Labute approximate surface area is 133 Å². The smallest absolute Gasteiger partial charge is 0.380 e. The van der Waals surface area contributed by atoms with Crippen LogP contribution in [0.2, 0.25) is 0 Å². The van der Waals surface area contributed by atoms with Crippen molar-refractivity contribution in [2.24, 2.45) is 0 Å². The number of hydrogen-bond donors (Lipinski definition) is 8. The van der Waals surface area contributed by atoms with Gasteiger partial charge in [0.25, 0.3) is 0 Å². The predicted octanol–water partition coefficient (Wildman–Crippen LogP) is 1.42. The second kappa shape index (κ2) is 11.9. The van der Waals surface area contributed by atoms with Gasteiger partial charge in [-0.05, 0) is 12.8 Å². The Hall–Kier alpha value is 0.430. The van der Waals surface area contributed by atoms with Gasteiger partial charge in [-0.3, -0.25) is 0 Å². The normalized spacial score (nSPS) is 11.7. The third kappa shape index (κ3) is 33.3. The summed E-state index contributed by atoms with van der Waals surface area (Å²) in [5.74, 6) is -1.10. The molecular formula is C8H22O9P2S2. The van der Waals surface area contributed by atoms with Crippen molar-refractivity contribution in [3.8, 4) is 0 Å². The Morgan fingerprint density at radius 1 is 0.952 bits per heavy atom. The fourth-order valence-corrected chi connectivity index (χ4v) is 1.17. The molecule has 0 aliphatic heterocycles. The number of aliphatic carboxylic acids is 1. The maximum absolute atomic E-state index is 10.6. The summed E-state index contributed by atoms with van der Waals surface area (Å²) in [6.45, 7) is -4.16. The molecule has 13 heteroatoms. The molecule has 0 saturated carbocycles. The van der Waals surface area contributed by atoms with E-state index in [1.807, 2.05) is 13.8 Å². The minimum Gasteiger partial charge on any atom is -0.479 e. The van der Waals surface area contributed by atoms with E-state index >= 15 is 0 Å². The minimum absolute atomic E-state index is 0.343. The van der Waals surface area contributed by atoms with Crippen LogP contribution in [0.3, 0.4) is 0 Å². The molecule has 0 aliphatic carbocycles. The quantitative estimate of drug-likeness (QED) is 0.256. The summed E-state index contributed by atoms with van der Waals surface area (Å²) in [6, 6.07) is 0. The Balaban J connectivity index is -0.000000270. The van der Waals surface area contributed by atoms with Gasteiger partial charge in [-0.15, -0.1) is 0 Å². The van der Waals surface area contributed by atoms with E-state index in [4.69, 9.17) is 24.7 Å². The van der Waals surface area contributed by atoms with E-state index in [-0.39, 0.29) is 0 Å². The molecule has 6 N–H and O–H groups in total. The van der Waals surface area contributed by atoms with Crippen molar-refractivity contribution >= 4 is 44.1 Å². The molecule has 21 heavy (non-hydrogen) atoms. The number of aliphatic hydroxyl groups is 1. The van der Waals surface area contributed by atoms with Crippen molar-refractivity contribution in [2.45, 2.75) is 45.1 Å². The fourth-order valence-electron chi connectivity index (χ4n) is 1.17. The number of carboxylic acid groups (broad SMARTS) is 1. The zero-order valence-corrected chi connectivity index (χ0v) is 15.1. The standard InChI is InChI=1S/C8H16O3.2H3O3PS/c1-3-5-8(11,6-4-2)7(9)10;2*1-4(2,3)5/h11H,3-6H2,1-2H3,(H,9,10);2*(H3,1,2,3,5). The van der Waals surface area contributed by atoms with Crippen LogP contribution in [-0.2, 0) is 13.9 Å². The fraction of sp³-hybridized carbons (Fsp3) is 0.875. The number of rotatable bonds is 5. The third-order valence-electron chi connectivity index (χ3n) is 1.73. The molecular weight excluding hydrogens is 366 g/mol. The highest BCUT2D eigenvalue weighted by Crippen LogP contribution is 2.39. The number of carbonyl (C=O) groups is 1. The first-order chi connectivity index (χ1) is 9.06. The Kier molecular flexibility index (Phi) is 15.0. The SMILES string of the molecule is CCCC(O)(CCC)C(=O)O.O=P(O)(O)S.O=P(O)(O)S. The molecule has 0 atom stereocenters. The maximum Gasteiger partial charge on any atom is 0.380 e. The van der Waals surface area contributed by atoms with Crippen LogP contribution < -0.4 is 0 Å². The lowest BCUT2D eigenvalue weighted by atomic mass is 9.93. The lowest BCUT2D eigenvalue weighted by molar-refractivity contribution is -0.160. The van der Waals surface area contributed by atoms with E-state index in [1.165, 1.54) is 0 Å². The van der Waals surface area contributed by atoms with E-state index < -0.39 is 25.2 Å². The van der Waals surface area contributed by atoms with Crippen molar-refractivity contribution in [2.75, 3.05) is 0 Å². The van der Waals surface area contributed by atoms with E-state index in [0.717, 1.165) is 0 Å². The molecule has 0 heterocycles. The van der Waals surface area contributed by atoms with Crippen molar-refractivity contribution in [1.82, 2.24) is 0 Å². The van der Waals surface area contributed by atoms with Crippen LogP contribution >= 0.6 is 38.1 Å². The van der Waals surface area contributed by atoms with Crippen LogP contribution in [0.4, 0.5) is 0 Å². The minimum atomic E-state index is -3.94. The van der Waals surface area contributed by atoms with Crippen LogP contribution in [-0.4, -0.2) is 41.4 Å². The number of hydrogen-bond acceptors (Lipinski definition) is 4. The summed E-state index contributed by atoms with van der Waals surface area (Å²) >= 11 is 5.58. The predicted molar refractivity (Wildman–Crippen MR) is 84.5 cm³/mol. The van der Waals surface area contributed by atoms with E-state index in [2.05, 4.69) is 24.5 Å². The van der Waals surface area contributed by atoms with Gasteiger partial charge >= 0.3 is 19.6 Å². The molecule has 0 aromatic carbocycles. The molecule has 0 aromatic heterocycles. The van der Waals surface area contributed by atoms with Crippen LogP contribution in [0.25, 0.3) is 0 Å². The van der Waals surface area contributed by atoms with E-state index in [0.29, 0.717) is 25.7 Å². The maximum atomic E-state index is 10.6. The van der Waals surface area contributed by atoms with Gasteiger partial charge in [0.15, 0.2) is 5.60 Å². The molecule has 9 nitrogen and oxygen atoms in total. The van der Waals surface area contributed by atoms with Gasteiger partial charge in [0.2, 0.25) is 0 Å². The number of carboxylic acids is 1. The largest absolute Gasteiger partial charge is 0.479 e. The average Bonchev–Trinajstić information content (AvgIpc) is 2.12. The van der Waals surface area contributed by atoms with Gasteiger partial charge < -0.3 is 29.8 Å². The zero-order valence-electron chi connectivity index (χ0n) is 11.5. The molecule has 0 amide bonds. The monoisotopic (exact) mass is 388 g/mol. The molecule has 0 rings (SSSR count). The lowest BCUT2D eigenvalue weighted by Crippen LogP contribution is -2.38. The van der Waals surface area contributed by atoms with Gasteiger partial charge in [-0.1, -0.05) is 51.2 Å². The Morgan fingerprint density at radius 3 is 1.24 bits per heavy atom. The first-order valence-electron chi connectivity index (χ1n) is 5.59. The molecule has 0 saturated heterocycles. The molecule has 0 bridgehead atoms. The van der Waals surface area contributed by atoms with Crippen molar-refractivity contribution in [3.63, 3.8) is 0 Å². The van der Waals surface area contributed by atoms with Crippen molar-refractivity contribution in [3.05, 3.63) is 0 Å². The number of thiol groups is 2. The van der Waals surface area contributed by atoms with Crippen LogP contribution in [0, 0.1) is 0 Å². The molecule has 0 spiro atoms. The lowest BCUT2D eigenvalue weighted by Gasteiger charge is -2.21. The van der Waals surface area contributed by atoms with Crippen LogP contribution in [0.5, 0.6) is 0 Å². The average molecular weight is 388 g/mol. The highest BCUT2D eigenvalue weighted by Gasteiger charge is 2.33. The summed E-state index contributed by atoms with van der Waals surface area (Å²) in [6.07, 6.45) is 2.08. The summed E-state index contributed by atoms with van der Waals surface area (Å²) in [7, 11) is 0. The molecule has 0 fully saturated rings. The molecule has 130 valence electrons. The third-order valence-corrected chi connectivity index (χ3v) is 1.73. The Morgan fingerprint density at radius 2 is 1.14 bits per heavy atom. The topological polar surface area (TPSA) is 173 Å². The molecule has 0 radical (unpaired) electrons. The summed E-state index contributed by atoms with van der Waals surface area (Å²) < 4.78 is 18.4. The second-order valence-corrected chi connectivity index (χ2v) is 9.04. The summed E-state index contributed by atoms with van der Waals surface area (Å²) in [4.78, 5) is 40.5. The van der Waals surface area contributed by atoms with Gasteiger partial charge in [0, 0.05) is 0 Å². The highest BCUT2D eigenvalue weighted by atomic mass is 32.7. The van der Waals surface area contributed by atoms with E-state index in [9.17, 15) is 19.0 Å². The van der Waals surface area contributed by atoms with Gasteiger partial charge in [0.1, 0.15) is 0 Å². The Bertz CT molecular complexity index is 335. The van der Waals surface area contributed by atoms with Crippen LogP contribution in [0.15, 0.2) is 0 Å². The summed E-state index contributed by atoms with van der Waals surface area (Å²) in [5.41, 5.74) is -1.48. The summed E-state index contributed by atoms with van der Waals surface area (Å²) in [5, 5.41) is 18.1. The second-order valence-electron chi connectivity index (χ2n) is 3.86. The molecule has 0 unspecified atom stereocenters. The van der Waals surface area contributed by atoms with E-state index in [1.54, 1.807) is 0 Å². The highest BCUT2D eigenvalue weighted by molar-refractivity contribution is 8.44. The first kappa shape index (κ1) is 26.3. The molecule has 0 aliphatic rings. The van der Waals surface area contributed by atoms with Crippen molar-refractivity contribution in [1.29, 1.82) is 0 Å². The van der Waals surface area contributed by atoms with Gasteiger partial charge in [-0.25, -0.2) is 13.9 Å². The van der Waals surface area contributed by atoms with Crippen LogP contribution in [0.1, 0.15) is 39.5 Å². The van der Waals surface area contributed by atoms with Crippen molar-refractivity contribution < 1.29 is 43.7 Å². The zero-order chi connectivity index (χ0) is 17.9. The first-order valence-corrected chi connectivity index (χ1v) is 11.1.